The number of nitrogens with one attached hydrogen (secondary N) is 2. The van der Waals surface area contributed by atoms with Crippen LogP contribution in [0.25, 0.3) is 0 Å². The molecule has 1 aliphatic heterocycles. The molecule has 3 nitrogen and oxygen atoms in total. The first-order chi connectivity index (χ1) is 8.75. The number of benzene rings is 1. The highest BCUT2D eigenvalue weighted by molar-refractivity contribution is 5.78. The molecule has 1 aromatic carbocycles. The maximum atomic E-state index is 12.7. The number of piperidine rings is 1. The van der Waals surface area contributed by atoms with Crippen LogP contribution in [0.1, 0.15) is 18.4 Å². The molecule has 1 aliphatic rings. The van der Waals surface area contributed by atoms with Gasteiger partial charge in [0.1, 0.15) is 5.82 Å². The fourth-order valence-electron chi connectivity index (χ4n) is 2.20. The Kier molecular flexibility index (Phi) is 4.70. The van der Waals surface area contributed by atoms with Gasteiger partial charge in [0.2, 0.25) is 5.91 Å². The smallest absolute Gasteiger partial charge is 0.224 e. The summed E-state index contributed by atoms with van der Waals surface area (Å²) in [5, 5.41) is 6.17. The SMILES string of the molecule is O=C(NCCc1ccc(F)cc1)[C@H]1CCCNC1. The Morgan fingerprint density at radius 3 is 2.83 bits per heavy atom. The number of carbonyl (C=O) groups is 1. The third kappa shape index (κ3) is 3.81. The molecular formula is C14H19FN2O. The second-order valence-corrected chi connectivity index (χ2v) is 4.71. The summed E-state index contributed by atoms with van der Waals surface area (Å²) in [6.45, 7) is 2.41. The van der Waals surface area contributed by atoms with Crippen LogP contribution in [0.15, 0.2) is 24.3 Å². The van der Waals surface area contributed by atoms with Crippen molar-refractivity contribution >= 4 is 5.91 Å². The molecule has 98 valence electrons. The molecule has 0 aliphatic carbocycles. The van der Waals surface area contributed by atoms with Crippen molar-refractivity contribution < 1.29 is 9.18 Å². The van der Waals surface area contributed by atoms with Crippen LogP contribution in [0.4, 0.5) is 4.39 Å². The van der Waals surface area contributed by atoms with Gasteiger partial charge in [0, 0.05) is 13.1 Å². The molecule has 0 unspecified atom stereocenters. The maximum absolute atomic E-state index is 12.7. The van der Waals surface area contributed by atoms with E-state index in [2.05, 4.69) is 10.6 Å². The van der Waals surface area contributed by atoms with Gasteiger partial charge in [0.15, 0.2) is 0 Å². The Balaban J connectivity index is 1.71. The van der Waals surface area contributed by atoms with E-state index in [0.29, 0.717) is 6.54 Å². The van der Waals surface area contributed by atoms with Crippen molar-refractivity contribution in [3.8, 4) is 0 Å². The number of rotatable bonds is 4. The summed E-state index contributed by atoms with van der Waals surface area (Å²) >= 11 is 0. The predicted molar refractivity (Wildman–Crippen MR) is 68.7 cm³/mol. The summed E-state index contributed by atoms with van der Waals surface area (Å²) in [6.07, 6.45) is 2.78. The van der Waals surface area contributed by atoms with Crippen LogP contribution in [0.5, 0.6) is 0 Å². The molecule has 18 heavy (non-hydrogen) atoms. The minimum absolute atomic E-state index is 0.104. The maximum Gasteiger partial charge on any atom is 0.224 e. The van der Waals surface area contributed by atoms with Gasteiger partial charge in [-0.15, -0.1) is 0 Å². The van der Waals surface area contributed by atoms with Crippen LogP contribution in [-0.4, -0.2) is 25.5 Å². The van der Waals surface area contributed by atoms with E-state index in [1.54, 1.807) is 12.1 Å². The molecule has 1 atom stereocenters. The predicted octanol–water partition coefficient (Wildman–Crippen LogP) is 1.48. The van der Waals surface area contributed by atoms with E-state index in [0.717, 1.165) is 37.9 Å². The highest BCUT2D eigenvalue weighted by Crippen LogP contribution is 2.09. The summed E-state index contributed by atoms with van der Waals surface area (Å²) in [4.78, 5) is 11.8. The van der Waals surface area contributed by atoms with Crippen molar-refractivity contribution in [2.75, 3.05) is 19.6 Å². The summed E-state index contributed by atoms with van der Waals surface area (Å²) in [6, 6.07) is 6.40. The normalized spacial score (nSPS) is 19.5. The van der Waals surface area contributed by atoms with Gasteiger partial charge in [-0.3, -0.25) is 4.79 Å². The van der Waals surface area contributed by atoms with Crippen molar-refractivity contribution in [1.82, 2.24) is 10.6 Å². The molecule has 1 fully saturated rings. The molecule has 1 amide bonds. The molecule has 2 N–H and O–H groups in total. The molecule has 0 saturated carbocycles. The van der Waals surface area contributed by atoms with E-state index in [1.807, 2.05) is 0 Å². The van der Waals surface area contributed by atoms with Crippen LogP contribution in [-0.2, 0) is 11.2 Å². The molecule has 0 radical (unpaired) electrons. The lowest BCUT2D eigenvalue weighted by Crippen LogP contribution is -2.41. The third-order valence-electron chi connectivity index (χ3n) is 3.29. The average Bonchev–Trinajstić information content (AvgIpc) is 2.42. The van der Waals surface area contributed by atoms with Crippen LogP contribution in [0, 0.1) is 11.7 Å². The summed E-state index contributed by atoms with van der Waals surface area (Å²) in [5.41, 5.74) is 1.04. The molecule has 0 bridgehead atoms. The molecule has 1 aromatic rings. The van der Waals surface area contributed by atoms with Crippen LogP contribution >= 0.6 is 0 Å². The minimum Gasteiger partial charge on any atom is -0.355 e. The summed E-state index contributed by atoms with van der Waals surface area (Å²) in [7, 11) is 0. The number of carbonyl (C=O) groups excluding carboxylic acids is 1. The zero-order valence-corrected chi connectivity index (χ0v) is 10.4. The molecule has 0 aromatic heterocycles. The van der Waals surface area contributed by atoms with Gasteiger partial charge in [0.25, 0.3) is 0 Å². The third-order valence-corrected chi connectivity index (χ3v) is 3.29. The van der Waals surface area contributed by atoms with E-state index in [-0.39, 0.29) is 17.6 Å². The number of hydrogen-bond acceptors (Lipinski definition) is 2. The van der Waals surface area contributed by atoms with Crippen LogP contribution < -0.4 is 10.6 Å². The Bertz CT molecular complexity index is 385. The van der Waals surface area contributed by atoms with E-state index in [4.69, 9.17) is 0 Å². The second-order valence-electron chi connectivity index (χ2n) is 4.71. The van der Waals surface area contributed by atoms with Gasteiger partial charge in [-0.05, 0) is 43.5 Å². The van der Waals surface area contributed by atoms with E-state index in [9.17, 15) is 9.18 Å². The quantitative estimate of drug-likeness (QED) is 0.850. The molecule has 1 heterocycles. The van der Waals surface area contributed by atoms with Crippen LogP contribution in [0.3, 0.4) is 0 Å². The van der Waals surface area contributed by atoms with E-state index >= 15 is 0 Å². The largest absolute Gasteiger partial charge is 0.355 e. The summed E-state index contributed by atoms with van der Waals surface area (Å²) in [5.74, 6) is 0.00680. The Labute approximate surface area is 107 Å². The van der Waals surface area contributed by atoms with Gasteiger partial charge < -0.3 is 10.6 Å². The first-order valence-electron chi connectivity index (χ1n) is 6.48. The zero-order valence-electron chi connectivity index (χ0n) is 10.4. The molecule has 2 rings (SSSR count). The lowest BCUT2D eigenvalue weighted by Gasteiger charge is -2.21. The number of amides is 1. The first kappa shape index (κ1) is 13.0. The number of halogens is 1. The highest BCUT2D eigenvalue weighted by atomic mass is 19.1. The van der Waals surface area contributed by atoms with Crippen molar-refractivity contribution in [2.45, 2.75) is 19.3 Å². The van der Waals surface area contributed by atoms with E-state index < -0.39 is 0 Å². The van der Waals surface area contributed by atoms with Gasteiger partial charge in [-0.1, -0.05) is 12.1 Å². The topological polar surface area (TPSA) is 41.1 Å². The molecular weight excluding hydrogens is 231 g/mol. The molecule has 1 saturated heterocycles. The lowest BCUT2D eigenvalue weighted by molar-refractivity contribution is -0.125. The standard InChI is InChI=1S/C14H19FN2O/c15-13-5-3-11(4-6-13)7-9-17-14(18)12-2-1-8-16-10-12/h3-6,12,16H,1-2,7-10H2,(H,17,18)/t12-/m0/s1. The van der Waals surface area contributed by atoms with Gasteiger partial charge >= 0.3 is 0 Å². The Morgan fingerprint density at radius 1 is 1.39 bits per heavy atom. The van der Waals surface area contributed by atoms with E-state index in [1.165, 1.54) is 12.1 Å². The second kappa shape index (κ2) is 6.50. The first-order valence-corrected chi connectivity index (χ1v) is 6.48. The average molecular weight is 250 g/mol. The zero-order chi connectivity index (χ0) is 12.8. The lowest BCUT2D eigenvalue weighted by atomic mass is 9.99. The van der Waals surface area contributed by atoms with Crippen molar-refractivity contribution in [3.05, 3.63) is 35.6 Å². The van der Waals surface area contributed by atoms with Gasteiger partial charge in [-0.2, -0.15) is 0 Å². The van der Waals surface area contributed by atoms with Gasteiger partial charge in [0.05, 0.1) is 5.92 Å². The highest BCUT2D eigenvalue weighted by Gasteiger charge is 2.19. The van der Waals surface area contributed by atoms with Crippen LogP contribution in [0.2, 0.25) is 0 Å². The van der Waals surface area contributed by atoms with Crippen molar-refractivity contribution in [1.29, 1.82) is 0 Å². The molecule has 0 spiro atoms. The Hall–Kier alpha value is -1.42. The van der Waals surface area contributed by atoms with Crippen molar-refractivity contribution in [2.24, 2.45) is 5.92 Å². The monoisotopic (exact) mass is 250 g/mol. The Morgan fingerprint density at radius 2 is 2.17 bits per heavy atom. The summed E-state index contributed by atoms with van der Waals surface area (Å²) < 4.78 is 12.7. The van der Waals surface area contributed by atoms with Crippen molar-refractivity contribution in [3.63, 3.8) is 0 Å². The number of hydrogen-bond donors (Lipinski definition) is 2. The van der Waals surface area contributed by atoms with Gasteiger partial charge in [-0.25, -0.2) is 4.39 Å². The minimum atomic E-state index is -0.226. The fourth-order valence-corrected chi connectivity index (χ4v) is 2.20. The molecule has 4 heteroatoms. The fraction of sp³-hybridized carbons (Fsp3) is 0.500.